The first kappa shape index (κ1) is 11.7. The number of hydrogen-bond donors (Lipinski definition) is 2. The molecule has 0 aliphatic carbocycles. The van der Waals surface area contributed by atoms with Gasteiger partial charge in [-0.1, -0.05) is 0 Å². The molecule has 1 amide bonds. The average Bonchev–Trinajstić information content (AvgIpc) is 2.69. The lowest BCUT2D eigenvalue weighted by molar-refractivity contribution is -0.128. The van der Waals surface area contributed by atoms with Crippen LogP contribution in [-0.2, 0) is 4.79 Å². The standard InChI is InChI=1S/C12H17N3O2/c13-7-1-8-15-12(17)6-9-14(15)10-2-4-11(16)5-3-10/h2-5,16H,1,6-9,13H2. The number of aromatic hydroxyl groups is 1. The molecule has 92 valence electrons. The number of anilines is 1. The van der Waals surface area contributed by atoms with Crippen LogP contribution in [0.2, 0.25) is 0 Å². The molecular formula is C12H17N3O2. The highest BCUT2D eigenvalue weighted by Gasteiger charge is 2.28. The molecule has 1 heterocycles. The number of amides is 1. The third-order valence-electron chi connectivity index (χ3n) is 2.84. The SMILES string of the molecule is NCCCN1C(=O)CCN1c1ccc(O)cc1. The minimum absolute atomic E-state index is 0.131. The summed E-state index contributed by atoms with van der Waals surface area (Å²) in [4.78, 5) is 11.7. The smallest absolute Gasteiger partial charge is 0.242 e. The van der Waals surface area contributed by atoms with Crippen LogP contribution in [-0.4, -0.2) is 35.7 Å². The predicted octanol–water partition coefficient (Wildman–Crippen LogP) is 0.695. The van der Waals surface area contributed by atoms with Crippen LogP contribution in [0.15, 0.2) is 24.3 Å². The van der Waals surface area contributed by atoms with E-state index in [4.69, 9.17) is 5.73 Å². The lowest BCUT2D eigenvalue weighted by atomic mass is 10.3. The Morgan fingerprint density at radius 2 is 2.00 bits per heavy atom. The van der Waals surface area contributed by atoms with E-state index >= 15 is 0 Å². The Bertz CT molecular complexity index is 391. The molecule has 2 rings (SSSR count). The van der Waals surface area contributed by atoms with Crippen LogP contribution in [0, 0.1) is 0 Å². The molecule has 5 heteroatoms. The summed E-state index contributed by atoms with van der Waals surface area (Å²) in [6, 6.07) is 6.87. The Morgan fingerprint density at radius 1 is 1.29 bits per heavy atom. The highest BCUT2D eigenvalue weighted by molar-refractivity contribution is 5.81. The van der Waals surface area contributed by atoms with Crippen molar-refractivity contribution in [3.05, 3.63) is 24.3 Å². The molecule has 1 saturated heterocycles. The number of nitrogens with zero attached hydrogens (tertiary/aromatic N) is 2. The van der Waals surface area contributed by atoms with E-state index in [0.717, 1.165) is 12.1 Å². The van der Waals surface area contributed by atoms with Gasteiger partial charge in [-0.25, -0.2) is 0 Å². The fourth-order valence-corrected chi connectivity index (χ4v) is 1.97. The molecule has 5 nitrogen and oxygen atoms in total. The zero-order valence-electron chi connectivity index (χ0n) is 9.67. The summed E-state index contributed by atoms with van der Waals surface area (Å²) in [5, 5.41) is 12.9. The van der Waals surface area contributed by atoms with E-state index < -0.39 is 0 Å². The summed E-state index contributed by atoms with van der Waals surface area (Å²) < 4.78 is 0. The first-order valence-corrected chi connectivity index (χ1v) is 5.79. The lowest BCUT2D eigenvalue weighted by Gasteiger charge is -2.29. The number of rotatable bonds is 4. The van der Waals surface area contributed by atoms with Gasteiger partial charge in [-0.05, 0) is 37.2 Å². The third-order valence-corrected chi connectivity index (χ3v) is 2.84. The first-order chi connectivity index (χ1) is 8.22. The molecule has 0 bridgehead atoms. The highest BCUT2D eigenvalue weighted by Crippen LogP contribution is 2.24. The van der Waals surface area contributed by atoms with Gasteiger partial charge in [0.1, 0.15) is 5.75 Å². The summed E-state index contributed by atoms with van der Waals surface area (Å²) in [6.07, 6.45) is 1.33. The second-order valence-electron chi connectivity index (χ2n) is 4.05. The molecule has 1 aliphatic heterocycles. The zero-order valence-corrected chi connectivity index (χ0v) is 9.67. The van der Waals surface area contributed by atoms with Crippen molar-refractivity contribution in [3.63, 3.8) is 0 Å². The van der Waals surface area contributed by atoms with Gasteiger partial charge in [-0.2, -0.15) is 0 Å². The molecule has 1 aromatic rings. The second kappa shape index (κ2) is 5.05. The second-order valence-corrected chi connectivity index (χ2v) is 4.05. The van der Waals surface area contributed by atoms with E-state index in [1.54, 1.807) is 17.1 Å². The van der Waals surface area contributed by atoms with Crippen LogP contribution >= 0.6 is 0 Å². The number of hydrazine groups is 1. The van der Waals surface area contributed by atoms with Gasteiger partial charge in [0.2, 0.25) is 5.91 Å². The molecule has 17 heavy (non-hydrogen) atoms. The summed E-state index contributed by atoms with van der Waals surface area (Å²) in [5.74, 6) is 0.360. The van der Waals surface area contributed by atoms with Crippen molar-refractivity contribution in [3.8, 4) is 5.75 Å². The van der Waals surface area contributed by atoms with Gasteiger partial charge in [0.25, 0.3) is 0 Å². The van der Waals surface area contributed by atoms with Crippen LogP contribution in [0.1, 0.15) is 12.8 Å². The Morgan fingerprint density at radius 3 is 2.65 bits per heavy atom. The maximum absolute atomic E-state index is 11.7. The molecule has 0 radical (unpaired) electrons. The van der Waals surface area contributed by atoms with Gasteiger partial charge >= 0.3 is 0 Å². The van der Waals surface area contributed by atoms with Crippen molar-refractivity contribution in [2.45, 2.75) is 12.8 Å². The van der Waals surface area contributed by atoms with Gasteiger partial charge in [-0.15, -0.1) is 0 Å². The first-order valence-electron chi connectivity index (χ1n) is 5.79. The average molecular weight is 235 g/mol. The zero-order chi connectivity index (χ0) is 12.3. The Hall–Kier alpha value is -1.75. The topological polar surface area (TPSA) is 69.8 Å². The highest BCUT2D eigenvalue weighted by atomic mass is 16.3. The molecular weight excluding hydrogens is 218 g/mol. The van der Waals surface area contributed by atoms with Crippen LogP contribution in [0.3, 0.4) is 0 Å². The largest absolute Gasteiger partial charge is 0.508 e. The minimum Gasteiger partial charge on any atom is -0.508 e. The third kappa shape index (κ3) is 2.50. The van der Waals surface area contributed by atoms with E-state index in [1.807, 2.05) is 17.1 Å². The fraction of sp³-hybridized carbons (Fsp3) is 0.417. The maximum Gasteiger partial charge on any atom is 0.242 e. The summed E-state index contributed by atoms with van der Waals surface area (Å²) >= 11 is 0. The van der Waals surface area contributed by atoms with E-state index in [2.05, 4.69) is 0 Å². The van der Waals surface area contributed by atoms with Gasteiger partial charge in [0, 0.05) is 19.5 Å². The van der Waals surface area contributed by atoms with Crippen LogP contribution < -0.4 is 10.7 Å². The molecule has 0 unspecified atom stereocenters. The Kier molecular flexibility index (Phi) is 3.49. The van der Waals surface area contributed by atoms with Gasteiger partial charge in [0.05, 0.1) is 5.69 Å². The number of hydrogen-bond acceptors (Lipinski definition) is 4. The van der Waals surface area contributed by atoms with E-state index in [1.165, 1.54) is 0 Å². The van der Waals surface area contributed by atoms with Crippen molar-refractivity contribution in [1.82, 2.24) is 5.01 Å². The summed E-state index contributed by atoms with van der Waals surface area (Å²) in [6.45, 7) is 1.91. The molecule has 0 spiro atoms. The van der Waals surface area contributed by atoms with Crippen molar-refractivity contribution in [1.29, 1.82) is 0 Å². The Labute approximate surface area is 100 Å². The lowest BCUT2D eigenvalue weighted by Crippen LogP contribution is -2.40. The molecule has 0 saturated carbocycles. The minimum atomic E-state index is 0.131. The number of nitrogens with two attached hydrogens (primary N) is 1. The molecule has 1 aromatic carbocycles. The van der Waals surface area contributed by atoms with E-state index in [9.17, 15) is 9.90 Å². The number of carbonyl (C=O) groups is 1. The molecule has 0 atom stereocenters. The number of phenolic OH excluding ortho intramolecular Hbond substituents is 1. The predicted molar refractivity (Wildman–Crippen MR) is 65.5 cm³/mol. The molecule has 1 aliphatic rings. The van der Waals surface area contributed by atoms with Gasteiger partial charge < -0.3 is 10.8 Å². The Balaban J connectivity index is 2.13. The van der Waals surface area contributed by atoms with Crippen molar-refractivity contribution in [2.75, 3.05) is 24.6 Å². The molecule has 0 aromatic heterocycles. The maximum atomic E-state index is 11.7. The summed E-state index contributed by atoms with van der Waals surface area (Å²) in [7, 11) is 0. The van der Waals surface area contributed by atoms with Crippen molar-refractivity contribution >= 4 is 11.6 Å². The van der Waals surface area contributed by atoms with Crippen LogP contribution in [0.5, 0.6) is 5.75 Å². The van der Waals surface area contributed by atoms with Crippen LogP contribution in [0.25, 0.3) is 0 Å². The van der Waals surface area contributed by atoms with E-state index in [0.29, 0.717) is 26.1 Å². The van der Waals surface area contributed by atoms with E-state index in [-0.39, 0.29) is 11.7 Å². The quantitative estimate of drug-likeness (QED) is 0.805. The number of benzene rings is 1. The monoisotopic (exact) mass is 235 g/mol. The molecule has 1 fully saturated rings. The normalized spacial score (nSPS) is 15.7. The number of phenols is 1. The number of carbonyl (C=O) groups excluding carboxylic acids is 1. The molecule has 3 N–H and O–H groups in total. The fourth-order valence-electron chi connectivity index (χ4n) is 1.97. The van der Waals surface area contributed by atoms with Gasteiger partial charge in [0.15, 0.2) is 0 Å². The van der Waals surface area contributed by atoms with Gasteiger partial charge in [-0.3, -0.25) is 14.8 Å². The van der Waals surface area contributed by atoms with Crippen LogP contribution in [0.4, 0.5) is 5.69 Å². The summed E-state index contributed by atoms with van der Waals surface area (Å²) in [5.41, 5.74) is 6.39. The van der Waals surface area contributed by atoms with Crippen molar-refractivity contribution < 1.29 is 9.90 Å². The van der Waals surface area contributed by atoms with Crippen molar-refractivity contribution in [2.24, 2.45) is 5.73 Å².